The van der Waals surface area contributed by atoms with E-state index in [-0.39, 0.29) is 12.3 Å². The van der Waals surface area contributed by atoms with Gasteiger partial charge in [0.1, 0.15) is 6.33 Å². The van der Waals surface area contributed by atoms with Gasteiger partial charge in [-0.3, -0.25) is 4.79 Å². The van der Waals surface area contributed by atoms with Crippen LogP contribution in [0.3, 0.4) is 0 Å². The van der Waals surface area contributed by atoms with E-state index in [1.54, 1.807) is 18.5 Å². The van der Waals surface area contributed by atoms with Crippen molar-refractivity contribution < 1.29 is 4.79 Å². The number of benzene rings is 3. The molecule has 1 amide bonds. The summed E-state index contributed by atoms with van der Waals surface area (Å²) in [5.41, 5.74) is 1.64. The fourth-order valence-electron chi connectivity index (χ4n) is 2.97. The number of nitrogens with one attached hydrogen (secondary N) is 1. The van der Waals surface area contributed by atoms with E-state index in [0.29, 0.717) is 10.7 Å². The molecule has 4 rings (SSSR count). The highest BCUT2D eigenvalue weighted by atomic mass is 35.5. The molecule has 3 aromatic carbocycles. The standard InChI is InChI=1S/C21H17ClN4OS/c1-26-13-23-25-21(26)28-19-10-9-16(22)12-18(19)24-20(27)11-15-7-4-6-14-5-2-3-8-17(14)15/h2-10,12-13H,11H2,1H3,(H,24,27). The first-order valence-electron chi connectivity index (χ1n) is 8.68. The molecular weight excluding hydrogens is 392 g/mol. The number of rotatable bonds is 5. The molecule has 140 valence electrons. The smallest absolute Gasteiger partial charge is 0.228 e. The van der Waals surface area contributed by atoms with E-state index >= 15 is 0 Å². The maximum absolute atomic E-state index is 12.8. The third-order valence-corrected chi connectivity index (χ3v) is 5.68. The fraction of sp³-hybridized carbons (Fsp3) is 0.0952. The molecule has 0 aliphatic rings. The number of hydrogen-bond acceptors (Lipinski definition) is 4. The minimum Gasteiger partial charge on any atom is -0.325 e. The minimum absolute atomic E-state index is 0.0987. The summed E-state index contributed by atoms with van der Waals surface area (Å²) >= 11 is 7.58. The molecular formula is C21H17ClN4OS. The molecule has 0 fully saturated rings. The third-order valence-electron chi connectivity index (χ3n) is 4.32. The Hall–Kier alpha value is -2.83. The number of nitrogens with zero attached hydrogens (tertiary/aromatic N) is 3. The molecule has 5 nitrogen and oxygen atoms in total. The number of fused-ring (bicyclic) bond motifs is 1. The SMILES string of the molecule is Cn1cnnc1Sc1ccc(Cl)cc1NC(=O)Cc1cccc2ccccc12. The number of hydrogen-bond donors (Lipinski definition) is 1. The Labute approximate surface area is 171 Å². The molecule has 7 heteroatoms. The Morgan fingerprint density at radius 1 is 1.14 bits per heavy atom. The van der Waals surface area contributed by atoms with Gasteiger partial charge >= 0.3 is 0 Å². The van der Waals surface area contributed by atoms with Gasteiger partial charge in [-0.1, -0.05) is 54.1 Å². The highest BCUT2D eigenvalue weighted by Crippen LogP contribution is 2.34. The maximum Gasteiger partial charge on any atom is 0.228 e. The number of carbonyl (C=O) groups excluding carboxylic acids is 1. The van der Waals surface area contributed by atoms with Crippen molar-refractivity contribution in [2.24, 2.45) is 7.05 Å². The third kappa shape index (κ3) is 4.03. The molecule has 1 aromatic heterocycles. The molecule has 0 atom stereocenters. The summed E-state index contributed by atoms with van der Waals surface area (Å²) in [6.45, 7) is 0. The topological polar surface area (TPSA) is 59.8 Å². The van der Waals surface area contributed by atoms with E-state index in [9.17, 15) is 4.79 Å². The Balaban J connectivity index is 1.57. The van der Waals surface area contributed by atoms with Gasteiger partial charge in [0.05, 0.1) is 12.1 Å². The molecule has 0 radical (unpaired) electrons. The van der Waals surface area contributed by atoms with Crippen LogP contribution in [-0.4, -0.2) is 20.7 Å². The van der Waals surface area contributed by atoms with Gasteiger partial charge in [-0.25, -0.2) is 0 Å². The van der Waals surface area contributed by atoms with Crippen molar-refractivity contribution in [2.45, 2.75) is 16.5 Å². The summed E-state index contributed by atoms with van der Waals surface area (Å²) < 4.78 is 1.82. The molecule has 0 unspecified atom stereocenters. The van der Waals surface area contributed by atoms with Crippen LogP contribution < -0.4 is 5.32 Å². The van der Waals surface area contributed by atoms with Gasteiger partial charge in [-0.15, -0.1) is 10.2 Å². The van der Waals surface area contributed by atoms with E-state index in [1.165, 1.54) is 11.8 Å². The molecule has 28 heavy (non-hydrogen) atoms. The normalized spacial score (nSPS) is 10.9. The number of aromatic nitrogens is 3. The summed E-state index contributed by atoms with van der Waals surface area (Å²) in [5.74, 6) is -0.0987. The van der Waals surface area contributed by atoms with E-state index in [4.69, 9.17) is 11.6 Å². The second kappa shape index (κ2) is 8.04. The molecule has 0 bridgehead atoms. The molecule has 0 saturated heterocycles. The molecule has 0 aliphatic carbocycles. The highest BCUT2D eigenvalue weighted by Gasteiger charge is 2.13. The fourth-order valence-corrected chi connectivity index (χ4v) is 3.97. The van der Waals surface area contributed by atoms with Gasteiger partial charge in [-0.2, -0.15) is 0 Å². The van der Waals surface area contributed by atoms with E-state index < -0.39 is 0 Å². The van der Waals surface area contributed by atoms with Crippen LogP contribution in [-0.2, 0) is 18.3 Å². The lowest BCUT2D eigenvalue weighted by Gasteiger charge is -2.12. The summed E-state index contributed by atoms with van der Waals surface area (Å²) in [6.07, 6.45) is 1.92. The van der Waals surface area contributed by atoms with Crippen molar-refractivity contribution >= 4 is 45.7 Å². The first kappa shape index (κ1) is 18.5. The summed E-state index contributed by atoms with van der Waals surface area (Å²) in [7, 11) is 1.87. The van der Waals surface area contributed by atoms with Crippen LogP contribution in [0.4, 0.5) is 5.69 Å². The van der Waals surface area contributed by atoms with Crippen LogP contribution >= 0.6 is 23.4 Å². The van der Waals surface area contributed by atoms with Crippen molar-refractivity contribution in [3.8, 4) is 0 Å². The quantitative estimate of drug-likeness (QED) is 0.507. The van der Waals surface area contributed by atoms with Crippen molar-refractivity contribution in [2.75, 3.05) is 5.32 Å². The van der Waals surface area contributed by atoms with Gasteiger partial charge < -0.3 is 9.88 Å². The van der Waals surface area contributed by atoms with Gasteiger partial charge in [0.15, 0.2) is 5.16 Å². The molecule has 1 heterocycles. The zero-order valence-electron chi connectivity index (χ0n) is 15.1. The molecule has 0 spiro atoms. The number of amides is 1. The number of aryl methyl sites for hydroxylation is 1. The second-order valence-electron chi connectivity index (χ2n) is 6.33. The molecule has 4 aromatic rings. The number of carbonyl (C=O) groups is 1. The zero-order valence-corrected chi connectivity index (χ0v) is 16.7. The maximum atomic E-state index is 12.8. The second-order valence-corrected chi connectivity index (χ2v) is 7.78. The van der Waals surface area contributed by atoms with E-state index in [1.807, 2.05) is 60.1 Å². The first-order chi connectivity index (χ1) is 13.6. The van der Waals surface area contributed by atoms with Crippen LogP contribution in [0.15, 0.2) is 77.0 Å². The van der Waals surface area contributed by atoms with Crippen LogP contribution in [0.1, 0.15) is 5.56 Å². The predicted molar refractivity (Wildman–Crippen MR) is 113 cm³/mol. The average Bonchev–Trinajstić information content (AvgIpc) is 3.09. The van der Waals surface area contributed by atoms with Crippen molar-refractivity contribution in [3.63, 3.8) is 0 Å². The average molecular weight is 409 g/mol. The monoisotopic (exact) mass is 408 g/mol. The van der Waals surface area contributed by atoms with Crippen LogP contribution in [0.2, 0.25) is 5.02 Å². The predicted octanol–water partition coefficient (Wildman–Crippen LogP) is 4.95. The van der Waals surface area contributed by atoms with Crippen molar-refractivity contribution in [1.29, 1.82) is 0 Å². The zero-order chi connectivity index (χ0) is 19.5. The summed E-state index contributed by atoms with van der Waals surface area (Å²) in [5, 5.41) is 14.5. The van der Waals surface area contributed by atoms with Crippen LogP contribution in [0.5, 0.6) is 0 Å². The number of halogens is 1. The summed E-state index contributed by atoms with van der Waals surface area (Å²) in [6, 6.07) is 19.5. The largest absolute Gasteiger partial charge is 0.325 e. The molecule has 0 saturated carbocycles. The highest BCUT2D eigenvalue weighted by molar-refractivity contribution is 7.99. The first-order valence-corrected chi connectivity index (χ1v) is 9.87. The van der Waals surface area contributed by atoms with Gasteiger partial charge in [0.25, 0.3) is 0 Å². The lowest BCUT2D eigenvalue weighted by molar-refractivity contribution is -0.115. The van der Waals surface area contributed by atoms with Crippen LogP contribution in [0, 0.1) is 0 Å². The van der Waals surface area contributed by atoms with E-state index in [2.05, 4.69) is 15.5 Å². The lowest BCUT2D eigenvalue weighted by atomic mass is 10.0. The lowest BCUT2D eigenvalue weighted by Crippen LogP contribution is -2.15. The molecule has 0 aliphatic heterocycles. The van der Waals surface area contributed by atoms with Gasteiger partial charge in [0.2, 0.25) is 5.91 Å². The van der Waals surface area contributed by atoms with Gasteiger partial charge in [-0.05, 0) is 46.3 Å². The Bertz CT molecular complexity index is 1150. The Morgan fingerprint density at radius 2 is 1.96 bits per heavy atom. The Morgan fingerprint density at radius 3 is 2.79 bits per heavy atom. The molecule has 1 N–H and O–H groups in total. The van der Waals surface area contributed by atoms with Crippen molar-refractivity contribution in [1.82, 2.24) is 14.8 Å². The number of anilines is 1. The van der Waals surface area contributed by atoms with Crippen molar-refractivity contribution in [3.05, 3.63) is 77.6 Å². The van der Waals surface area contributed by atoms with Gasteiger partial charge in [0, 0.05) is 17.0 Å². The van der Waals surface area contributed by atoms with E-state index in [0.717, 1.165) is 26.4 Å². The minimum atomic E-state index is -0.0987. The summed E-state index contributed by atoms with van der Waals surface area (Å²) in [4.78, 5) is 13.6. The Kier molecular flexibility index (Phi) is 5.32. The van der Waals surface area contributed by atoms with Crippen LogP contribution in [0.25, 0.3) is 10.8 Å².